The van der Waals surface area contributed by atoms with E-state index in [0.29, 0.717) is 26.2 Å². The molecule has 2 saturated heterocycles. The van der Waals surface area contributed by atoms with Crippen LogP contribution in [0.4, 0.5) is 4.79 Å². The molecule has 0 bridgehead atoms. The summed E-state index contributed by atoms with van der Waals surface area (Å²) in [5.41, 5.74) is 0. The molecule has 0 radical (unpaired) electrons. The van der Waals surface area contributed by atoms with Crippen LogP contribution in [0.2, 0.25) is 0 Å². The van der Waals surface area contributed by atoms with Crippen molar-refractivity contribution < 1.29 is 14.7 Å². The summed E-state index contributed by atoms with van der Waals surface area (Å²) in [5, 5.41) is 8.78. The van der Waals surface area contributed by atoms with Crippen LogP contribution in [-0.2, 0) is 4.79 Å². The number of nitrogens with zero attached hydrogens (tertiary/aromatic N) is 3. The van der Waals surface area contributed by atoms with E-state index < -0.39 is 5.97 Å². The fourth-order valence-electron chi connectivity index (χ4n) is 3.31. The number of piperazine rings is 1. The standard InChI is InChI=1S/C15H27N3O3/c1-2-3-13-4-6-17(7-5-13)15(21)18-10-8-16(9-11-18)12-14(19)20/h13H,2-12H2,1H3,(H,19,20). The van der Waals surface area contributed by atoms with Crippen molar-refractivity contribution in [2.24, 2.45) is 5.92 Å². The molecule has 21 heavy (non-hydrogen) atoms. The lowest BCUT2D eigenvalue weighted by molar-refractivity contribution is -0.138. The van der Waals surface area contributed by atoms with E-state index in [9.17, 15) is 9.59 Å². The quantitative estimate of drug-likeness (QED) is 0.850. The van der Waals surface area contributed by atoms with E-state index >= 15 is 0 Å². The Hall–Kier alpha value is -1.30. The summed E-state index contributed by atoms with van der Waals surface area (Å²) in [4.78, 5) is 28.9. The SMILES string of the molecule is CCCC1CCN(C(=O)N2CCN(CC(=O)O)CC2)CC1. The lowest BCUT2D eigenvalue weighted by Gasteiger charge is -2.39. The molecule has 2 amide bonds. The maximum absolute atomic E-state index is 12.5. The van der Waals surface area contributed by atoms with Crippen molar-refractivity contribution in [1.29, 1.82) is 0 Å². The number of hydrogen-bond donors (Lipinski definition) is 1. The number of carbonyl (C=O) groups is 2. The van der Waals surface area contributed by atoms with Gasteiger partial charge in [-0.3, -0.25) is 9.69 Å². The molecule has 2 fully saturated rings. The van der Waals surface area contributed by atoms with Gasteiger partial charge >= 0.3 is 12.0 Å². The van der Waals surface area contributed by atoms with Gasteiger partial charge in [0.25, 0.3) is 0 Å². The van der Waals surface area contributed by atoms with Gasteiger partial charge in [-0.25, -0.2) is 4.79 Å². The van der Waals surface area contributed by atoms with Gasteiger partial charge in [-0.2, -0.15) is 0 Å². The highest BCUT2D eigenvalue weighted by atomic mass is 16.4. The first-order chi connectivity index (χ1) is 10.1. The first-order valence-corrected chi connectivity index (χ1v) is 8.08. The third kappa shape index (κ3) is 4.59. The lowest BCUT2D eigenvalue weighted by Crippen LogP contribution is -2.54. The van der Waals surface area contributed by atoms with Gasteiger partial charge in [0.1, 0.15) is 0 Å². The summed E-state index contributed by atoms with van der Waals surface area (Å²) >= 11 is 0. The summed E-state index contributed by atoms with van der Waals surface area (Å²) < 4.78 is 0. The molecule has 0 saturated carbocycles. The molecule has 6 nitrogen and oxygen atoms in total. The summed E-state index contributed by atoms with van der Waals surface area (Å²) in [6.45, 7) is 6.63. The van der Waals surface area contributed by atoms with Gasteiger partial charge in [0.15, 0.2) is 0 Å². The average molecular weight is 297 g/mol. The number of hydrogen-bond acceptors (Lipinski definition) is 3. The zero-order valence-corrected chi connectivity index (χ0v) is 13.0. The number of likely N-dealkylation sites (tertiary alicyclic amines) is 1. The molecular formula is C15H27N3O3. The number of carbonyl (C=O) groups excluding carboxylic acids is 1. The van der Waals surface area contributed by atoms with Crippen LogP contribution in [0.1, 0.15) is 32.6 Å². The minimum absolute atomic E-state index is 0.0739. The van der Waals surface area contributed by atoms with E-state index in [1.54, 1.807) is 0 Å². The Morgan fingerprint density at radius 2 is 1.57 bits per heavy atom. The Labute approximate surface area is 126 Å². The molecular weight excluding hydrogens is 270 g/mol. The summed E-state index contributed by atoms with van der Waals surface area (Å²) in [5.74, 6) is -0.0146. The summed E-state index contributed by atoms with van der Waals surface area (Å²) in [6.07, 6.45) is 4.75. The maximum atomic E-state index is 12.5. The molecule has 120 valence electrons. The zero-order chi connectivity index (χ0) is 15.2. The number of aliphatic carboxylic acids is 1. The van der Waals surface area contributed by atoms with Crippen molar-refractivity contribution in [3.8, 4) is 0 Å². The molecule has 0 unspecified atom stereocenters. The molecule has 0 aromatic heterocycles. The molecule has 2 aliphatic rings. The molecule has 2 rings (SSSR count). The molecule has 0 aliphatic carbocycles. The predicted molar refractivity (Wildman–Crippen MR) is 80.2 cm³/mol. The smallest absolute Gasteiger partial charge is 0.320 e. The van der Waals surface area contributed by atoms with Crippen LogP contribution >= 0.6 is 0 Å². The highest BCUT2D eigenvalue weighted by Gasteiger charge is 2.28. The second-order valence-corrected chi connectivity index (χ2v) is 6.16. The first kappa shape index (κ1) is 16.1. The van der Waals surface area contributed by atoms with E-state index in [0.717, 1.165) is 31.8 Å². The van der Waals surface area contributed by atoms with Crippen molar-refractivity contribution in [3.63, 3.8) is 0 Å². The highest BCUT2D eigenvalue weighted by Crippen LogP contribution is 2.22. The average Bonchev–Trinajstić information content (AvgIpc) is 2.48. The van der Waals surface area contributed by atoms with Crippen LogP contribution in [-0.4, -0.2) is 77.6 Å². The first-order valence-electron chi connectivity index (χ1n) is 8.08. The predicted octanol–water partition coefficient (Wildman–Crippen LogP) is 1.32. The molecule has 6 heteroatoms. The van der Waals surface area contributed by atoms with Crippen LogP contribution in [0.5, 0.6) is 0 Å². The molecule has 0 spiro atoms. The van der Waals surface area contributed by atoms with E-state index in [-0.39, 0.29) is 12.6 Å². The topological polar surface area (TPSA) is 64.1 Å². The number of urea groups is 1. The fraction of sp³-hybridized carbons (Fsp3) is 0.867. The summed E-state index contributed by atoms with van der Waals surface area (Å²) in [7, 11) is 0. The van der Waals surface area contributed by atoms with E-state index in [4.69, 9.17) is 5.11 Å². The molecule has 0 atom stereocenters. The van der Waals surface area contributed by atoms with E-state index in [1.165, 1.54) is 12.8 Å². The van der Waals surface area contributed by atoms with Crippen LogP contribution < -0.4 is 0 Å². The Morgan fingerprint density at radius 1 is 1.00 bits per heavy atom. The second kappa shape index (κ2) is 7.64. The van der Waals surface area contributed by atoms with Crippen molar-refractivity contribution in [2.75, 3.05) is 45.8 Å². The Kier molecular flexibility index (Phi) is 5.85. The fourth-order valence-corrected chi connectivity index (χ4v) is 3.31. The number of piperidine rings is 1. The van der Waals surface area contributed by atoms with Crippen molar-refractivity contribution in [1.82, 2.24) is 14.7 Å². The van der Waals surface area contributed by atoms with Crippen LogP contribution in [0.25, 0.3) is 0 Å². The Bertz CT molecular complexity index is 359. The zero-order valence-electron chi connectivity index (χ0n) is 13.0. The number of carboxylic acids is 1. The lowest BCUT2D eigenvalue weighted by atomic mass is 9.93. The maximum Gasteiger partial charge on any atom is 0.320 e. The minimum atomic E-state index is -0.798. The summed E-state index contributed by atoms with van der Waals surface area (Å²) in [6, 6.07) is 0.139. The third-order valence-corrected chi connectivity index (χ3v) is 4.58. The van der Waals surface area contributed by atoms with E-state index in [1.807, 2.05) is 14.7 Å². The van der Waals surface area contributed by atoms with Crippen molar-refractivity contribution in [3.05, 3.63) is 0 Å². The number of carboxylic acid groups (broad SMARTS) is 1. The van der Waals surface area contributed by atoms with Gasteiger partial charge in [-0.15, -0.1) is 0 Å². The van der Waals surface area contributed by atoms with Gasteiger partial charge in [-0.05, 0) is 18.8 Å². The molecule has 0 aromatic rings. The highest BCUT2D eigenvalue weighted by molar-refractivity contribution is 5.74. The van der Waals surface area contributed by atoms with Gasteiger partial charge in [0.2, 0.25) is 0 Å². The number of amides is 2. The van der Waals surface area contributed by atoms with Gasteiger partial charge < -0.3 is 14.9 Å². The van der Waals surface area contributed by atoms with Gasteiger partial charge in [0.05, 0.1) is 6.54 Å². The minimum Gasteiger partial charge on any atom is -0.480 e. The normalized spacial score (nSPS) is 21.6. The number of rotatable bonds is 4. The second-order valence-electron chi connectivity index (χ2n) is 6.16. The third-order valence-electron chi connectivity index (χ3n) is 4.58. The molecule has 2 aliphatic heterocycles. The monoisotopic (exact) mass is 297 g/mol. The van der Waals surface area contributed by atoms with Crippen molar-refractivity contribution >= 4 is 12.0 Å². The van der Waals surface area contributed by atoms with E-state index in [2.05, 4.69) is 6.92 Å². The largest absolute Gasteiger partial charge is 0.480 e. The molecule has 0 aromatic carbocycles. The van der Waals surface area contributed by atoms with Crippen molar-refractivity contribution in [2.45, 2.75) is 32.6 Å². The Morgan fingerprint density at radius 3 is 2.10 bits per heavy atom. The van der Waals surface area contributed by atoms with Gasteiger partial charge in [0, 0.05) is 39.3 Å². The van der Waals surface area contributed by atoms with Crippen LogP contribution in [0, 0.1) is 5.92 Å². The van der Waals surface area contributed by atoms with Crippen LogP contribution in [0.15, 0.2) is 0 Å². The van der Waals surface area contributed by atoms with Crippen LogP contribution in [0.3, 0.4) is 0 Å². The molecule has 1 N–H and O–H groups in total. The Balaban J connectivity index is 1.74. The molecule has 2 heterocycles. The van der Waals surface area contributed by atoms with Gasteiger partial charge in [-0.1, -0.05) is 19.8 Å².